The minimum atomic E-state index is -0.0812. The molecule has 152 valence electrons. The Morgan fingerprint density at radius 3 is 2.66 bits per heavy atom. The number of aliphatic imine (C=N–C) groups is 1. The van der Waals surface area contributed by atoms with Crippen LogP contribution in [0.1, 0.15) is 29.3 Å². The van der Waals surface area contributed by atoms with Gasteiger partial charge < -0.3 is 20.9 Å². The third-order valence-electron chi connectivity index (χ3n) is 4.74. The van der Waals surface area contributed by atoms with Gasteiger partial charge in [-0.25, -0.2) is 0 Å². The van der Waals surface area contributed by atoms with Crippen molar-refractivity contribution in [2.75, 3.05) is 25.0 Å². The van der Waals surface area contributed by atoms with Crippen molar-refractivity contribution in [2.45, 2.75) is 25.9 Å². The highest BCUT2D eigenvalue weighted by Gasteiger charge is 2.31. The molecule has 0 aliphatic carbocycles. The van der Waals surface area contributed by atoms with Gasteiger partial charge in [0, 0.05) is 44.4 Å². The number of anilines is 1. The number of guanidine groups is 1. The lowest BCUT2D eigenvalue weighted by molar-refractivity contribution is -0.117. The molecule has 0 bridgehead atoms. The molecule has 1 aliphatic rings. The molecule has 1 aliphatic heterocycles. The molecular weight excluding hydrogens is 366 g/mol. The molecule has 2 aromatic carbocycles. The minimum absolute atomic E-state index is 0.0180. The van der Waals surface area contributed by atoms with E-state index < -0.39 is 0 Å². The Labute approximate surface area is 171 Å². The van der Waals surface area contributed by atoms with Crippen LogP contribution in [0.3, 0.4) is 0 Å². The maximum atomic E-state index is 12.4. The summed E-state index contributed by atoms with van der Waals surface area (Å²) in [5.74, 6) is 0.641. The number of rotatable bonds is 6. The third-order valence-corrected chi connectivity index (χ3v) is 4.74. The summed E-state index contributed by atoms with van der Waals surface area (Å²) in [6.07, 6.45) is 0.419. The first-order valence-electron chi connectivity index (χ1n) is 9.80. The molecule has 7 heteroatoms. The summed E-state index contributed by atoms with van der Waals surface area (Å²) in [6.45, 7) is 3.61. The second-order valence-electron chi connectivity index (χ2n) is 6.87. The van der Waals surface area contributed by atoms with Gasteiger partial charge in [0.05, 0.1) is 6.04 Å². The van der Waals surface area contributed by atoms with E-state index in [1.54, 1.807) is 18.0 Å². The van der Waals surface area contributed by atoms with E-state index in [0.717, 1.165) is 11.3 Å². The Kier molecular flexibility index (Phi) is 6.84. The van der Waals surface area contributed by atoms with E-state index in [4.69, 9.17) is 0 Å². The minimum Gasteiger partial charge on any atom is -0.352 e. The van der Waals surface area contributed by atoms with Crippen LogP contribution in [0.4, 0.5) is 5.69 Å². The largest absolute Gasteiger partial charge is 0.352 e. The summed E-state index contributed by atoms with van der Waals surface area (Å²) >= 11 is 0. The van der Waals surface area contributed by atoms with E-state index in [1.807, 2.05) is 55.5 Å². The van der Waals surface area contributed by atoms with Crippen LogP contribution < -0.4 is 20.9 Å². The normalized spacial score (nSPS) is 16.6. The van der Waals surface area contributed by atoms with Crippen molar-refractivity contribution in [1.82, 2.24) is 16.0 Å². The molecule has 0 spiro atoms. The van der Waals surface area contributed by atoms with Crippen molar-refractivity contribution in [3.63, 3.8) is 0 Å². The van der Waals surface area contributed by atoms with Gasteiger partial charge in [0.2, 0.25) is 5.91 Å². The first kappa shape index (κ1) is 20.4. The second-order valence-corrected chi connectivity index (χ2v) is 6.87. The van der Waals surface area contributed by atoms with Gasteiger partial charge in [0.15, 0.2) is 5.96 Å². The molecule has 7 nitrogen and oxygen atoms in total. The summed E-state index contributed by atoms with van der Waals surface area (Å²) in [7, 11) is 1.70. The molecule has 0 radical (unpaired) electrons. The van der Waals surface area contributed by atoms with Crippen LogP contribution in [-0.4, -0.2) is 44.0 Å². The van der Waals surface area contributed by atoms with Gasteiger partial charge in [-0.05, 0) is 36.8 Å². The number of carbonyl (C=O) groups is 2. The number of hydrogen-bond donors (Lipinski definition) is 3. The maximum Gasteiger partial charge on any atom is 0.251 e. The number of nitrogens with one attached hydrogen (secondary N) is 3. The molecular formula is C22H27N5O2. The van der Waals surface area contributed by atoms with Crippen molar-refractivity contribution in [2.24, 2.45) is 4.99 Å². The van der Waals surface area contributed by atoms with Crippen LogP contribution in [0.25, 0.3) is 0 Å². The molecule has 0 saturated carbocycles. The van der Waals surface area contributed by atoms with Crippen molar-refractivity contribution in [3.05, 3.63) is 65.7 Å². The van der Waals surface area contributed by atoms with Crippen LogP contribution in [0.5, 0.6) is 0 Å². The highest BCUT2D eigenvalue weighted by molar-refractivity contribution is 5.97. The smallest absolute Gasteiger partial charge is 0.251 e. The fraction of sp³-hybridized carbons (Fsp3) is 0.318. The first-order chi connectivity index (χ1) is 14.1. The average molecular weight is 393 g/mol. The van der Waals surface area contributed by atoms with Crippen LogP contribution >= 0.6 is 0 Å². The molecule has 1 atom stereocenters. The van der Waals surface area contributed by atoms with E-state index in [0.29, 0.717) is 37.6 Å². The van der Waals surface area contributed by atoms with E-state index in [1.165, 1.54) is 0 Å². The fourth-order valence-electron chi connectivity index (χ4n) is 3.32. The first-order valence-corrected chi connectivity index (χ1v) is 9.80. The summed E-state index contributed by atoms with van der Waals surface area (Å²) in [4.78, 5) is 30.4. The number of para-hydroxylation sites is 1. The lowest BCUT2D eigenvalue weighted by Crippen LogP contribution is -2.44. The summed E-state index contributed by atoms with van der Waals surface area (Å²) in [5.41, 5.74) is 2.52. The molecule has 0 aromatic heterocycles. The van der Waals surface area contributed by atoms with Gasteiger partial charge in [0.1, 0.15) is 0 Å². The summed E-state index contributed by atoms with van der Waals surface area (Å²) in [6, 6.07) is 17.1. The third kappa shape index (κ3) is 5.34. The fourth-order valence-corrected chi connectivity index (χ4v) is 3.32. The van der Waals surface area contributed by atoms with Gasteiger partial charge >= 0.3 is 0 Å². The van der Waals surface area contributed by atoms with Crippen LogP contribution in [0, 0.1) is 0 Å². The Bertz CT molecular complexity index is 882. The Morgan fingerprint density at radius 2 is 1.93 bits per heavy atom. The molecule has 2 aromatic rings. The van der Waals surface area contributed by atoms with Gasteiger partial charge in [-0.3, -0.25) is 14.6 Å². The zero-order valence-corrected chi connectivity index (χ0v) is 16.8. The average Bonchev–Trinajstić information content (AvgIpc) is 3.12. The zero-order valence-electron chi connectivity index (χ0n) is 16.8. The highest BCUT2D eigenvalue weighted by Crippen LogP contribution is 2.20. The second kappa shape index (κ2) is 9.73. The highest BCUT2D eigenvalue weighted by atomic mass is 16.2. The lowest BCUT2D eigenvalue weighted by Gasteiger charge is -2.19. The molecule has 1 fully saturated rings. The Morgan fingerprint density at radius 1 is 1.14 bits per heavy atom. The number of benzene rings is 2. The lowest BCUT2D eigenvalue weighted by atomic mass is 10.1. The topological polar surface area (TPSA) is 85.8 Å². The van der Waals surface area contributed by atoms with Crippen LogP contribution in [0.2, 0.25) is 0 Å². The molecule has 3 N–H and O–H groups in total. The van der Waals surface area contributed by atoms with Gasteiger partial charge in [-0.1, -0.05) is 30.3 Å². The van der Waals surface area contributed by atoms with Crippen molar-refractivity contribution in [1.29, 1.82) is 0 Å². The zero-order chi connectivity index (χ0) is 20.6. The summed E-state index contributed by atoms with van der Waals surface area (Å²) < 4.78 is 0. The van der Waals surface area contributed by atoms with Gasteiger partial charge in [-0.15, -0.1) is 0 Å². The predicted octanol–water partition coefficient (Wildman–Crippen LogP) is 1.91. The van der Waals surface area contributed by atoms with Gasteiger partial charge in [-0.2, -0.15) is 0 Å². The van der Waals surface area contributed by atoms with E-state index in [-0.39, 0.29) is 17.9 Å². The standard InChI is InChI=1S/C22H27N5O2/c1-3-24-21(29)17-9-7-8-16(12-17)14-25-22(23-2)26-18-13-20(28)27(15-18)19-10-5-4-6-11-19/h4-12,18H,3,13-15H2,1-2H3,(H,24,29)(H2,23,25,26). The molecule has 29 heavy (non-hydrogen) atoms. The number of amides is 2. The number of nitrogens with zero attached hydrogens (tertiary/aromatic N) is 2. The van der Waals surface area contributed by atoms with Crippen LogP contribution in [-0.2, 0) is 11.3 Å². The quantitative estimate of drug-likeness (QED) is 0.517. The van der Waals surface area contributed by atoms with E-state index in [9.17, 15) is 9.59 Å². The van der Waals surface area contributed by atoms with Crippen LogP contribution in [0.15, 0.2) is 59.6 Å². The van der Waals surface area contributed by atoms with E-state index in [2.05, 4.69) is 20.9 Å². The maximum absolute atomic E-state index is 12.4. The van der Waals surface area contributed by atoms with Crippen molar-refractivity contribution < 1.29 is 9.59 Å². The number of hydrogen-bond acceptors (Lipinski definition) is 3. The monoisotopic (exact) mass is 393 g/mol. The SMILES string of the molecule is CCNC(=O)c1cccc(CNC(=NC)NC2CC(=O)N(c3ccccc3)C2)c1. The number of carbonyl (C=O) groups excluding carboxylic acids is 2. The molecule has 1 unspecified atom stereocenters. The molecule has 1 heterocycles. The van der Waals surface area contributed by atoms with E-state index >= 15 is 0 Å². The molecule has 2 amide bonds. The van der Waals surface area contributed by atoms with Crippen molar-refractivity contribution in [3.8, 4) is 0 Å². The molecule has 3 rings (SSSR count). The summed E-state index contributed by atoms with van der Waals surface area (Å²) in [5, 5.41) is 9.38. The van der Waals surface area contributed by atoms with Gasteiger partial charge in [0.25, 0.3) is 5.91 Å². The Balaban J connectivity index is 1.56. The van der Waals surface area contributed by atoms with Crippen molar-refractivity contribution >= 4 is 23.5 Å². The Hall–Kier alpha value is -3.35. The molecule has 1 saturated heterocycles. The predicted molar refractivity (Wildman–Crippen MR) is 115 cm³/mol.